The molecule has 2 N–H and O–H groups in total. The molecule has 4 aromatic rings. The summed E-state index contributed by atoms with van der Waals surface area (Å²) in [4.78, 5) is 26.2. The van der Waals surface area contributed by atoms with Gasteiger partial charge < -0.3 is 29.4 Å². The molecule has 1 aliphatic heterocycles. The zero-order valence-corrected chi connectivity index (χ0v) is 20.1. The maximum Gasteiger partial charge on any atom is 0.274 e. The third-order valence-electron chi connectivity index (χ3n) is 5.91. The quantitative estimate of drug-likeness (QED) is 0.361. The van der Waals surface area contributed by atoms with E-state index < -0.39 is 11.9 Å². The van der Waals surface area contributed by atoms with Crippen molar-refractivity contribution in [1.82, 2.24) is 15.8 Å². The minimum absolute atomic E-state index is 0.0689. The molecule has 1 aliphatic rings. The molecule has 1 aromatic heterocycles. The lowest BCUT2D eigenvalue weighted by Gasteiger charge is -2.18. The van der Waals surface area contributed by atoms with Crippen LogP contribution in [0.4, 0.5) is 0 Å². The fourth-order valence-corrected chi connectivity index (χ4v) is 3.95. The van der Waals surface area contributed by atoms with Crippen molar-refractivity contribution < 1.29 is 28.3 Å². The normalized spacial score (nSPS) is 12.6. The molecule has 0 unspecified atom stereocenters. The van der Waals surface area contributed by atoms with E-state index >= 15 is 0 Å². The van der Waals surface area contributed by atoms with Crippen molar-refractivity contribution in [2.75, 3.05) is 13.9 Å². The Labute approximate surface area is 213 Å². The van der Waals surface area contributed by atoms with E-state index in [0.717, 1.165) is 11.1 Å². The van der Waals surface area contributed by atoms with Gasteiger partial charge in [0.25, 0.3) is 5.91 Å². The van der Waals surface area contributed by atoms with E-state index in [1.165, 1.54) is 6.07 Å². The molecular formula is C28H25N3O6. The molecule has 0 aliphatic carbocycles. The molecule has 0 spiro atoms. The summed E-state index contributed by atoms with van der Waals surface area (Å²) in [5.41, 5.74) is 2.54. The predicted octanol–water partition coefficient (Wildman–Crippen LogP) is 3.74. The maximum absolute atomic E-state index is 13.2. The lowest BCUT2D eigenvalue weighted by Crippen LogP contribution is -2.47. The van der Waals surface area contributed by atoms with Crippen LogP contribution in [0.25, 0.3) is 11.3 Å². The SMILES string of the molecule is COc1cccc(-c2cc(C(=O)N[C@H](Cc3ccccc3)C(=O)NCc3ccc4c(c3)OCO4)no2)c1. The average molecular weight is 500 g/mol. The Bertz CT molecular complexity index is 1400. The van der Waals surface area contributed by atoms with Crippen molar-refractivity contribution in [2.45, 2.75) is 19.0 Å². The summed E-state index contributed by atoms with van der Waals surface area (Å²) in [6.07, 6.45) is 0.306. The average Bonchev–Trinajstić information content (AvgIpc) is 3.62. The first kappa shape index (κ1) is 23.9. The summed E-state index contributed by atoms with van der Waals surface area (Å²) in [5, 5.41) is 9.62. The smallest absolute Gasteiger partial charge is 0.274 e. The third kappa shape index (κ3) is 5.72. The second-order valence-electron chi connectivity index (χ2n) is 8.43. The van der Waals surface area contributed by atoms with E-state index in [1.807, 2.05) is 60.7 Å². The molecule has 2 amide bonds. The number of methoxy groups -OCH3 is 1. The highest BCUT2D eigenvalue weighted by atomic mass is 16.7. The Morgan fingerprint density at radius 1 is 0.946 bits per heavy atom. The topological polar surface area (TPSA) is 112 Å². The van der Waals surface area contributed by atoms with Crippen LogP contribution in [0.3, 0.4) is 0 Å². The Kier molecular flexibility index (Phi) is 7.02. The van der Waals surface area contributed by atoms with Gasteiger partial charge in [-0.25, -0.2) is 0 Å². The first-order chi connectivity index (χ1) is 18.1. The number of nitrogens with zero attached hydrogens (tertiary/aromatic N) is 1. The number of hydrogen-bond donors (Lipinski definition) is 2. The number of hydrogen-bond acceptors (Lipinski definition) is 7. The number of carbonyl (C=O) groups is 2. The third-order valence-corrected chi connectivity index (χ3v) is 5.91. The summed E-state index contributed by atoms with van der Waals surface area (Å²) in [5.74, 6) is 1.53. The lowest BCUT2D eigenvalue weighted by atomic mass is 10.0. The van der Waals surface area contributed by atoms with E-state index in [0.29, 0.717) is 35.0 Å². The highest BCUT2D eigenvalue weighted by molar-refractivity contribution is 5.96. The van der Waals surface area contributed by atoms with Gasteiger partial charge in [-0.1, -0.05) is 53.7 Å². The van der Waals surface area contributed by atoms with Crippen LogP contribution in [0.5, 0.6) is 17.2 Å². The molecule has 0 fully saturated rings. The van der Waals surface area contributed by atoms with Gasteiger partial charge in [-0.05, 0) is 35.4 Å². The van der Waals surface area contributed by atoms with Crippen LogP contribution in [0.15, 0.2) is 83.4 Å². The number of carbonyl (C=O) groups excluding carboxylic acids is 2. The molecule has 9 nitrogen and oxygen atoms in total. The zero-order chi connectivity index (χ0) is 25.6. The Morgan fingerprint density at radius 2 is 1.78 bits per heavy atom. The highest BCUT2D eigenvalue weighted by Gasteiger charge is 2.24. The van der Waals surface area contributed by atoms with E-state index in [-0.39, 0.29) is 24.9 Å². The number of fused-ring (bicyclic) bond motifs is 1. The molecule has 9 heteroatoms. The molecule has 188 valence electrons. The van der Waals surface area contributed by atoms with Gasteiger partial charge in [-0.3, -0.25) is 9.59 Å². The van der Waals surface area contributed by atoms with Crippen molar-refractivity contribution >= 4 is 11.8 Å². The molecule has 2 heterocycles. The largest absolute Gasteiger partial charge is 0.497 e. The van der Waals surface area contributed by atoms with E-state index in [1.54, 1.807) is 19.2 Å². The molecule has 3 aromatic carbocycles. The summed E-state index contributed by atoms with van der Waals surface area (Å²) < 4.78 is 21.4. The fraction of sp³-hybridized carbons (Fsp3) is 0.179. The monoisotopic (exact) mass is 499 g/mol. The standard InChI is InChI=1S/C28H25N3O6/c1-34-21-9-5-8-20(14-21)25-15-23(31-37-25)28(33)30-22(12-18-6-3-2-4-7-18)27(32)29-16-19-10-11-24-26(13-19)36-17-35-24/h2-11,13-15,22H,12,16-17H2,1H3,(H,29,32)(H,30,33)/t22-/m1/s1. The van der Waals surface area contributed by atoms with Crippen LogP contribution in [-0.4, -0.2) is 36.9 Å². The summed E-state index contributed by atoms with van der Waals surface area (Å²) in [6, 6.07) is 22.9. The van der Waals surface area contributed by atoms with Crippen molar-refractivity contribution in [1.29, 1.82) is 0 Å². The van der Waals surface area contributed by atoms with Gasteiger partial charge in [0.2, 0.25) is 12.7 Å². The minimum atomic E-state index is -0.833. The molecular weight excluding hydrogens is 474 g/mol. The number of nitrogens with one attached hydrogen (secondary N) is 2. The first-order valence-electron chi connectivity index (χ1n) is 11.7. The number of aromatic nitrogens is 1. The molecule has 0 saturated heterocycles. The van der Waals surface area contributed by atoms with Crippen LogP contribution in [0.2, 0.25) is 0 Å². The van der Waals surface area contributed by atoms with Crippen LogP contribution in [0, 0.1) is 0 Å². The molecule has 1 atom stereocenters. The number of rotatable bonds is 9. The van der Waals surface area contributed by atoms with Gasteiger partial charge >= 0.3 is 0 Å². The maximum atomic E-state index is 13.2. The first-order valence-corrected chi connectivity index (χ1v) is 11.7. The van der Waals surface area contributed by atoms with Gasteiger partial charge in [-0.15, -0.1) is 0 Å². The Hall–Kier alpha value is -4.79. The van der Waals surface area contributed by atoms with Crippen LogP contribution < -0.4 is 24.8 Å². The molecule has 0 radical (unpaired) electrons. The van der Waals surface area contributed by atoms with Crippen LogP contribution in [0.1, 0.15) is 21.6 Å². The summed E-state index contributed by atoms with van der Waals surface area (Å²) in [6.45, 7) is 0.443. The van der Waals surface area contributed by atoms with Gasteiger partial charge in [0.15, 0.2) is 23.0 Å². The van der Waals surface area contributed by atoms with Crippen molar-refractivity contribution in [2.24, 2.45) is 0 Å². The lowest BCUT2D eigenvalue weighted by molar-refractivity contribution is -0.123. The van der Waals surface area contributed by atoms with Crippen molar-refractivity contribution in [3.8, 4) is 28.6 Å². The fourth-order valence-electron chi connectivity index (χ4n) is 3.95. The predicted molar refractivity (Wildman–Crippen MR) is 134 cm³/mol. The van der Waals surface area contributed by atoms with Crippen molar-refractivity contribution in [3.63, 3.8) is 0 Å². The van der Waals surface area contributed by atoms with Gasteiger partial charge in [0.1, 0.15) is 11.8 Å². The number of amides is 2. The van der Waals surface area contributed by atoms with Crippen molar-refractivity contribution in [3.05, 3.63) is 95.7 Å². The van der Waals surface area contributed by atoms with E-state index in [9.17, 15) is 9.59 Å². The minimum Gasteiger partial charge on any atom is -0.497 e. The molecule has 0 saturated carbocycles. The van der Waals surface area contributed by atoms with E-state index in [2.05, 4.69) is 15.8 Å². The van der Waals surface area contributed by atoms with E-state index in [4.69, 9.17) is 18.7 Å². The Balaban J connectivity index is 1.29. The second-order valence-corrected chi connectivity index (χ2v) is 8.43. The summed E-state index contributed by atoms with van der Waals surface area (Å²) in [7, 11) is 1.57. The van der Waals surface area contributed by atoms with Gasteiger partial charge in [-0.2, -0.15) is 0 Å². The summed E-state index contributed by atoms with van der Waals surface area (Å²) >= 11 is 0. The zero-order valence-electron chi connectivity index (χ0n) is 20.1. The highest BCUT2D eigenvalue weighted by Crippen LogP contribution is 2.32. The van der Waals surface area contributed by atoms with Gasteiger partial charge in [0, 0.05) is 24.6 Å². The van der Waals surface area contributed by atoms with Crippen LogP contribution in [-0.2, 0) is 17.8 Å². The Morgan fingerprint density at radius 3 is 2.62 bits per heavy atom. The number of ether oxygens (including phenoxy) is 3. The number of benzene rings is 3. The molecule has 37 heavy (non-hydrogen) atoms. The second kappa shape index (κ2) is 10.9. The molecule has 5 rings (SSSR count). The van der Waals surface area contributed by atoms with Crippen LogP contribution >= 0.6 is 0 Å². The molecule has 0 bridgehead atoms. The van der Waals surface area contributed by atoms with Gasteiger partial charge in [0.05, 0.1) is 7.11 Å².